The van der Waals surface area contributed by atoms with E-state index in [0.29, 0.717) is 25.0 Å². The number of sulfonamides is 1. The summed E-state index contributed by atoms with van der Waals surface area (Å²) in [6, 6.07) is 4.64. The van der Waals surface area contributed by atoms with Crippen molar-refractivity contribution in [3.05, 3.63) is 21.9 Å². The van der Waals surface area contributed by atoms with Crippen molar-refractivity contribution in [3.63, 3.8) is 0 Å². The molecule has 1 atom stereocenters. The number of thiophene rings is 1. The van der Waals surface area contributed by atoms with Crippen molar-refractivity contribution in [2.45, 2.75) is 39.2 Å². The third-order valence-corrected chi connectivity index (χ3v) is 6.84. The van der Waals surface area contributed by atoms with Crippen LogP contribution in [0.25, 0.3) is 0 Å². The molecule has 0 bridgehead atoms. The Balaban J connectivity index is 0.00000338. The lowest BCUT2D eigenvalue weighted by Gasteiger charge is -2.30. The third kappa shape index (κ3) is 7.69. The highest BCUT2D eigenvalue weighted by Gasteiger charge is 2.24. The Morgan fingerprint density at radius 2 is 2.04 bits per heavy atom. The van der Waals surface area contributed by atoms with E-state index in [1.165, 1.54) is 16.0 Å². The number of piperidine rings is 1. The Bertz CT molecular complexity index is 683. The first-order valence-corrected chi connectivity index (χ1v) is 11.4. The van der Waals surface area contributed by atoms with Crippen LogP contribution in [0.4, 0.5) is 0 Å². The molecule has 6 nitrogen and oxygen atoms in total. The monoisotopic (exact) mass is 514 g/mol. The molecule has 0 saturated carbocycles. The number of hydrogen-bond acceptors (Lipinski definition) is 4. The molecule has 0 aliphatic carbocycles. The Kier molecular flexibility index (Phi) is 9.84. The highest BCUT2D eigenvalue weighted by Crippen LogP contribution is 2.18. The van der Waals surface area contributed by atoms with Gasteiger partial charge in [0.1, 0.15) is 0 Å². The molecular formula is C17H31IN4O2S2. The van der Waals surface area contributed by atoms with E-state index in [-0.39, 0.29) is 24.0 Å². The normalized spacial score (nSPS) is 18.2. The number of guanidine groups is 1. The van der Waals surface area contributed by atoms with E-state index < -0.39 is 10.0 Å². The van der Waals surface area contributed by atoms with Crippen molar-refractivity contribution in [2.75, 3.05) is 32.9 Å². The van der Waals surface area contributed by atoms with Gasteiger partial charge in [0, 0.05) is 48.9 Å². The summed E-state index contributed by atoms with van der Waals surface area (Å²) in [5.74, 6) is 1.29. The van der Waals surface area contributed by atoms with Gasteiger partial charge in [-0.3, -0.25) is 4.99 Å². The predicted octanol–water partition coefficient (Wildman–Crippen LogP) is 2.44. The maximum atomic E-state index is 11.6. The molecule has 2 rings (SSSR count). The van der Waals surface area contributed by atoms with E-state index in [4.69, 9.17) is 0 Å². The van der Waals surface area contributed by atoms with E-state index in [0.717, 1.165) is 31.8 Å². The molecule has 1 aliphatic rings. The van der Waals surface area contributed by atoms with E-state index in [1.807, 2.05) is 11.3 Å². The van der Waals surface area contributed by atoms with Crippen LogP contribution in [0.3, 0.4) is 0 Å². The molecule has 1 saturated heterocycles. The van der Waals surface area contributed by atoms with Gasteiger partial charge in [0.05, 0.1) is 6.26 Å². The molecule has 0 spiro atoms. The molecule has 2 N–H and O–H groups in total. The number of nitrogens with zero attached hydrogens (tertiary/aromatic N) is 2. The predicted molar refractivity (Wildman–Crippen MR) is 121 cm³/mol. The Morgan fingerprint density at radius 3 is 2.54 bits per heavy atom. The van der Waals surface area contributed by atoms with Crippen LogP contribution in [0, 0.1) is 12.8 Å². The fourth-order valence-corrected chi connectivity index (χ4v) is 4.95. The lowest BCUT2D eigenvalue weighted by Crippen LogP contribution is -2.46. The van der Waals surface area contributed by atoms with Gasteiger partial charge in [-0.1, -0.05) is 0 Å². The maximum absolute atomic E-state index is 11.6. The van der Waals surface area contributed by atoms with Crippen molar-refractivity contribution in [3.8, 4) is 0 Å². The second-order valence-electron chi connectivity index (χ2n) is 6.82. The third-order valence-electron chi connectivity index (χ3n) is 4.51. The number of aryl methyl sites for hydroxylation is 1. The zero-order valence-corrected chi connectivity index (χ0v) is 20.0. The average molecular weight is 514 g/mol. The van der Waals surface area contributed by atoms with E-state index in [2.05, 4.69) is 41.6 Å². The Hall–Kier alpha value is -0.390. The zero-order chi connectivity index (χ0) is 18.4. The number of halogens is 1. The molecule has 1 fully saturated rings. The zero-order valence-electron chi connectivity index (χ0n) is 16.0. The molecule has 150 valence electrons. The Morgan fingerprint density at radius 1 is 1.38 bits per heavy atom. The molecule has 1 unspecified atom stereocenters. The highest BCUT2D eigenvalue weighted by molar-refractivity contribution is 14.0. The summed E-state index contributed by atoms with van der Waals surface area (Å²) in [4.78, 5) is 7.02. The van der Waals surface area contributed by atoms with Crippen molar-refractivity contribution < 1.29 is 8.42 Å². The minimum atomic E-state index is -3.05. The minimum absolute atomic E-state index is 0. The second kappa shape index (κ2) is 10.8. The van der Waals surface area contributed by atoms with Crippen molar-refractivity contribution >= 4 is 51.3 Å². The van der Waals surface area contributed by atoms with Crippen LogP contribution in [-0.4, -0.2) is 57.7 Å². The van der Waals surface area contributed by atoms with Gasteiger partial charge in [-0.2, -0.15) is 0 Å². The molecular weight excluding hydrogens is 483 g/mol. The van der Waals surface area contributed by atoms with E-state index in [9.17, 15) is 8.42 Å². The van der Waals surface area contributed by atoms with Gasteiger partial charge in [-0.25, -0.2) is 12.7 Å². The first-order valence-electron chi connectivity index (χ1n) is 8.75. The highest BCUT2D eigenvalue weighted by atomic mass is 127. The van der Waals surface area contributed by atoms with Crippen molar-refractivity contribution in [1.29, 1.82) is 0 Å². The molecule has 9 heteroatoms. The fourth-order valence-electron chi connectivity index (χ4n) is 3.06. The van der Waals surface area contributed by atoms with Crippen LogP contribution < -0.4 is 10.6 Å². The smallest absolute Gasteiger partial charge is 0.211 e. The van der Waals surface area contributed by atoms with Crippen LogP contribution >= 0.6 is 35.3 Å². The van der Waals surface area contributed by atoms with E-state index in [1.54, 1.807) is 11.4 Å². The second-order valence-corrected chi connectivity index (χ2v) is 10.2. The molecule has 0 amide bonds. The number of hydrogen-bond donors (Lipinski definition) is 2. The van der Waals surface area contributed by atoms with Crippen LogP contribution in [0.15, 0.2) is 17.1 Å². The fraction of sp³-hybridized carbons (Fsp3) is 0.706. The molecule has 0 radical (unpaired) electrons. The summed E-state index contributed by atoms with van der Waals surface area (Å²) in [6.07, 6.45) is 4.04. The number of rotatable bonds is 6. The number of aliphatic imine (C=N–C) groups is 1. The number of nitrogens with one attached hydrogen (secondary N) is 2. The van der Waals surface area contributed by atoms with Crippen molar-refractivity contribution in [2.24, 2.45) is 10.9 Å². The lowest BCUT2D eigenvalue weighted by atomic mass is 9.98. The molecule has 26 heavy (non-hydrogen) atoms. The Labute approximate surface area is 178 Å². The standard InChI is InChI=1S/C17H30N4O2S2.HI/c1-13(11-16-6-5-14(2)24-16)20-17(18-3)19-12-15-7-9-21(10-8-15)25(4,22)23;/h5-6,13,15H,7-12H2,1-4H3,(H2,18,19,20);1H. The van der Waals surface area contributed by atoms with Gasteiger partial charge >= 0.3 is 0 Å². The lowest BCUT2D eigenvalue weighted by molar-refractivity contribution is 0.274. The summed E-state index contributed by atoms with van der Waals surface area (Å²) in [5, 5.41) is 6.83. The summed E-state index contributed by atoms with van der Waals surface area (Å²) < 4.78 is 24.7. The molecule has 1 aromatic heterocycles. The summed E-state index contributed by atoms with van der Waals surface area (Å²) in [6.45, 7) is 6.34. The van der Waals surface area contributed by atoms with Crippen LogP contribution in [0.2, 0.25) is 0 Å². The molecule has 2 heterocycles. The van der Waals surface area contributed by atoms with Crippen molar-refractivity contribution in [1.82, 2.24) is 14.9 Å². The topological polar surface area (TPSA) is 73.8 Å². The maximum Gasteiger partial charge on any atom is 0.211 e. The van der Waals surface area contributed by atoms with Gasteiger partial charge in [-0.05, 0) is 44.7 Å². The van der Waals surface area contributed by atoms with E-state index >= 15 is 0 Å². The summed E-state index contributed by atoms with van der Waals surface area (Å²) in [5.41, 5.74) is 0. The minimum Gasteiger partial charge on any atom is -0.356 e. The summed E-state index contributed by atoms with van der Waals surface area (Å²) >= 11 is 1.83. The molecule has 1 aliphatic heterocycles. The van der Waals surface area contributed by atoms with Crippen LogP contribution in [0.5, 0.6) is 0 Å². The van der Waals surface area contributed by atoms with Gasteiger partial charge in [0.25, 0.3) is 0 Å². The first-order chi connectivity index (χ1) is 11.8. The SMILES string of the molecule is CN=C(NCC1CCN(S(C)(=O)=O)CC1)NC(C)Cc1ccc(C)s1.I. The van der Waals surface area contributed by atoms with Crippen LogP contribution in [0.1, 0.15) is 29.5 Å². The van der Waals surface area contributed by atoms with Gasteiger partial charge in [0.2, 0.25) is 10.0 Å². The summed E-state index contributed by atoms with van der Waals surface area (Å²) in [7, 11) is -1.27. The largest absolute Gasteiger partial charge is 0.356 e. The quantitative estimate of drug-likeness (QED) is 0.348. The van der Waals surface area contributed by atoms with Gasteiger partial charge in [0.15, 0.2) is 5.96 Å². The molecule has 0 aromatic carbocycles. The average Bonchev–Trinajstić information content (AvgIpc) is 2.95. The van der Waals surface area contributed by atoms with Gasteiger partial charge < -0.3 is 10.6 Å². The van der Waals surface area contributed by atoms with Crippen LogP contribution in [-0.2, 0) is 16.4 Å². The first kappa shape index (κ1) is 23.6. The molecule has 1 aromatic rings. The van der Waals surface area contributed by atoms with Gasteiger partial charge in [-0.15, -0.1) is 35.3 Å².